The number of hydrogen-bond donors (Lipinski definition) is 2. The summed E-state index contributed by atoms with van der Waals surface area (Å²) in [5, 5.41) is 2.90. The van der Waals surface area contributed by atoms with Gasteiger partial charge in [-0.3, -0.25) is 4.79 Å². The molecule has 0 spiro atoms. The van der Waals surface area contributed by atoms with E-state index in [0.29, 0.717) is 13.0 Å². The zero-order valence-electron chi connectivity index (χ0n) is 10.1. The summed E-state index contributed by atoms with van der Waals surface area (Å²) in [5.41, 5.74) is 7.37. The number of rotatable bonds is 6. The Morgan fingerprint density at radius 3 is 2.76 bits per heavy atom. The van der Waals surface area contributed by atoms with Crippen LogP contribution in [0.1, 0.15) is 31.2 Å². The number of halogens is 1. The van der Waals surface area contributed by atoms with Crippen LogP contribution in [0.4, 0.5) is 5.69 Å². The fourth-order valence-electron chi connectivity index (χ4n) is 1.55. The average molecular weight is 299 g/mol. The molecule has 3 nitrogen and oxygen atoms in total. The topological polar surface area (TPSA) is 55.1 Å². The summed E-state index contributed by atoms with van der Waals surface area (Å²) in [7, 11) is 0. The van der Waals surface area contributed by atoms with Crippen molar-refractivity contribution in [3.63, 3.8) is 0 Å². The van der Waals surface area contributed by atoms with Crippen LogP contribution < -0.4 is 11.1 Å². The Balaban J connectivity index is 2.37. The Labute approximate surface area is 111 Å². The Morgan fingerprint density at radius 1 is 1.35 bits per heavy atom. The van der Waals surface area contributed by atoms with Gasteiger partial charge in [-0.2, -0.15) is 0 Å². The second-order valence-electron chi connectivity index (χ2n) is 4.11. The van der Waals surface area contributed by atoms with Gasteiger partial charge in [-0.25, -0.2) is 0 Å². The van der Waals surface area contributed by atoms with E-state index in [-0.39, 0.29) is 5.91 Å². The van der Waals surface area contributed by atoms with Crippen molar-refractivity contribution in [2.24, 2.45) is 5.73 Å². The van der Waals surface area contributed by atoms with Crippen molar-refractivity contribution in [1.82, 2.24) is 0 Å². The highest BCUT2D eigenvalue weighted by Gasteiger charge is 2.03. The molecule has 94 valence electrons. The molecule has 3 N–H and O–H groups in total. The van der Waals surface area contributed by atoms with Gasteiger partial charge >= 0.3 is 0 Å². The van der Waals surface area contributed by atoms with Crippen molar-refractivity contribution in [3.05, 3.63) is 28.2 Å². The normalized spacial score (nSPS) is 10.3. The second kappa shape index (κ2) is 7.45. The molecule has 1 amide bonds. The maximum atomic E-state index is 11.6. The summed E-state index contributed by atoms with van der Waals surface area (Å²) in [4.78, 5) is 11.6. The molecule has 0 atom stereocenters. The zero-order chi connectivity index (χ0) is 12.7. The molecule has 0 aliphatic rings. The smallest absolute Gasteiger partial charge is 0.224 e. The maximum absolute atomic E-state index is 11.6. The van der Waals surface area contributed by atoms with Crippen molar-refractivity contribution >= 4 is 27.5 Å². The van der Waals surface area contributed by atoms with Gasteiger partial charge in [-0.05, 0) is 50.1 Å². The van der Waals surface area contributed by atoms with Gasteiger partial charge in [0.05, 0.1) is 0 Å². The summed E-state index contributed by atoms with van der Waals surface area (Å²) < 4.78 is 1.05. The summed E-state index contributed by atoms with van der Waals surface area (Å²) in [6, 6.07) is 5.80. The van der Waals surface area contributed by atoms with Gasteiger partial charge < -0.3 is 11.1 Å². The minimum Gasteiger partial charge on any atom is -0.330 e. The first-order valence-electron chi connectivity index (χ1n) is 5.89. The van der Waals surface area contributed by atoms with Gasteiger partial charge in [0.15, 0.2) is 0 Å². The molecule has 0 heterocycles. The molecule has 0 radical (unpaired) electrons. The van der Waals surface area contributed by atoms with Gasteiger partial charge in [0, 0.05) is 16.6 Å². The van der Waals surface area contributed by atoms with Crippen LogP contribution in [0.2, 0.25) is 0 Å². The Morgan fingerprint density at radius 2 is 2.12 bits per heavy atom. The Bertz CT molecular complexity index is 380. The van der Waals surface area contributed by atoms with Gasteiger partial charge in [0.2, 0.25) is 5.91 Å². The van der Waals surface area contributed by atoms with Gasteiger partial charge in [-0.1, -0.05) is 22.4 Å². The molecule has 0 aliphatic heterocycles. The molecule has 0 bridgehead atoms. The zero-order valence-corrected chi connectivity index (χ0v) is 11.7. The van der Waals surface area contributed by atoms with Gasteiger partial charge in [-0.15, -0.1) is 0 Å². The number of hydrogen-bond acceptors (Lipinski definition) is 2. The number of carbonyl (C=O) groups excluding carboxylic acids is 1. The van der Waals surface area contributed by atoms with Crippen LogP contribution in [-0.2, 0) is 4.79 Å². The molecule has 0 aromatic heterocycles. The quantitative estimate of drug-likeness (QED) is 0.792. The second-order valence-corrected chi connectivity index (χ2v) is 4.97. The molecule has 0 aliphatic carbocycles. The van der Waals surface area contributed by atoms with E-state index < -0.39 is 0 Å². The Kier molecular flexibility index (Phi) is 6.22. The molecule has 0 unspecified atom stereocenters. The minimum atomic E-state index is 0.0729. The van der Waals surface area contributed by atoms with E-state index in [2.05, 4.69) is 21.2 Å². The highest BCUT2D eigenvalue weighted by molar-refractivity contribution is 9.10. The van der Waals surface area contributed by atoms with Crippen LogP contribution in [0.5, 0.6) is 0 Å². The first-order chi connectivity index (χ1) is 8.13. The molecule has 1 aromatic rings. The van der Waals surface area contributed by atoms with Crippen LogP contribution >= 0.6 is 15.9 Å². The van der Waals surface area contributed by atoms with Crippen LogP contribution in [0.3, 0.4) is 0 Å². The summed E-state index contributed by atoms with van der Waals surface area (Å²) >= 11 is 3.43. The lowest BCUT2D eigenvalue weighted by Gasteiger charge is -2.07. The van der Waals surface area contributed by atoms with Crippen molar-refractivity contribution in [1.29, 1.82) is 0 Å². The maximum Gasteiger partial charge on any atom is 0.224 e. The molecular formula is C13H19BrN2O. The molecular weight excluding hydrogens is 280 g/mol. The van der Waals surface area contributed by atoms with Crippen molar-refractivity contribution in [2.45, 2.75) is 32.6 Å². The van der Waals surface area contributed by atoms with E-state index in [1.165, 1.54) is 0 Å². The van der Waals surface area contributed by atoms with E-state index in [1.807, 2.05) is 25.1 Å². The predicted molar refractivity (Wildman–Crippen MR) is 75.0 cm³/mol. The van der Waals surface area contributed by atoms with Crippen molar-refractivity contribution in [3.8, 4) is 0 Å². The van der Waals surface area contributed by atoms with E-state index in [4.69, 9.17) is 5.73 Å². The van der Waals surface area contributed by atoms with E-state index in [9.17, 15) is 4.79 Å². The summed E-state index contributed by atoms with van der Waals surface area (Å²) in [6.45, 7) is 2.70. The van der Waals surface area contributed by atoms with E-state index in [0.717, 1.165) is 35.0 Å². The number of benzene rings is 1. The molecule has 0 saturated heterocycles. The highest BCUT2D eigenvalue weighted by Crippen LogP contribution is 2.20. The predicted octanol–water partition coefficient (Wildman–Crippen LogP) is 3.22. The first-order valence-corrected chi connectivity index (χ1v) is 6.69. The standard InChI is InChI=1S/C13H19BrN2O/c1-10-9-11(6-7-12(10)14)16-13(17)5-3-2-4-8-15/h6-7,9H,2-5,8,15H2,1H3,(H,16,17). The number of anilines is 1. The van der Waals surface area contributed by atoms with Gasteiger partial charge in [0.1, 0.15) is 0 Å². The third-order valence-corrected chi connectivity index (χ3v) is 3.44. The van der Waals surface area contributed by atoms with Crippen LogP contribution in [0, 0.1) is 6.92 Å². The van der Waals surface area contributed by atoms with Crippen LogP contribution in [-0.4, -0.2) is 12.5 Å². The molecule has 0 fully saturated rings. The molecule has 1 rings (SSSR count). The summed E-state index contributed by atoms with van der Waals surface area (Å²) in [6.07, 6.45) is 3.47. The fraction of sp³-hybridized carbons (Fsp3) is 0.462. The minimum absolute atomic E-state index is 0.0729. The lowest BCUT2D eigenvalue weighted by Crippen LogP contribution is -2.11. The number of aryl methyl sites for hydroxylation is 1. The lowest BCUT2D eigenvalue weighted by molar-refractivity contribution is -0.116. The van der Waals surface area contributed by atoms with Crippen LogP contribution in [0.25, 0.3) is 0 Å². The molecule has 17 heavy (non-hydrogen) atoms. The monoisotopic (exact) mass is 298 g/mol. The number of carbonyl (C=O) groups is 1. The first kappa shape index (κ1) is 14.2. The molecule has 1 aromatic carbocycles. The number of amides is 1. The Hall–Kier alpha value is -0.870. The number of unbranched alkanes of at least 4 members (excludes halogenated alkanes) is 2. The van der Waals surface area contributed by atoms with E-state index >= 15 is 0 Å². The highest BCUT2D eigenvalue weighted by atomic mass is 79.9. The van der Waals surface area contributed by atoms with E-state index in [1.54, 1.807) is 0 Å². The third kappa shape index (κ3) is 5.33. The average Bonchev–Trinajstić information content (AvgIpc) is 2.30. The van der Waals surface area contributed by atoms with Crippen molar-refractivity contribution in [2.75, 3.05) is 11.9 Å². The number of nitrogens with one attached hydrogen (secondary N) is 1. The largest absolute Gasteiger partial charge is 0.330 e. The van der Waals surface area contributed by atoms with Crippen molar-refractivity contribution < 1.29 is 4.79 Å². The molecule has 4 heteroatoms. The fourth-order valence-corrected chi connectivity index (χ4v) is 1.80. The summed E-state index contributed by atoms with van der Waals surface area (Å²) in [5.74, 6) is 0.0729. The third-order valence-electron chi connectivity index (χ3n) is 2.55. The number of nitrogens with two attached hydrogens (primary N) is 1. The van der Waals surface area contributed by atoms with Crippen LogP contribution in [0.15, 0.2) is 22.7 Å². The molecule has 0 saturated carbocycles. The SMILES string of the molecule is Cc1cc(NC(=O)CCCCCN)ccc1Br. The lowest BCUT2D eigenvalue weighted by atomic mass is 10.2. The van der Waals surface area contributed by atoms with Gasteiger partial charge in [0.25, 0.3) is 0 Å².